The first-order valence-electron chi connectivity index (χ1n) is 9.62. The Hall–Kier alpha value is -3.20. The molecule has 1 heterocycles. The predicted octanol–water partition coefficient (Wildman–Crippen LogP) is 3.11. The second-order valence-electron chi connectivity index (χ2n) is 6.71. The van der Waals surface area contributed by atoms with Crippen LogP contribution in [0.15, 0.2) is 57.8 Å². The van der Waals surface area contributed by atoms with Gasteiger partial charge in [0.05, 0.1) is 5.69 Å². The second-order valence-corrected chi connectivity index (χ2v) is 8.28. The van der Waals surface area contributed by atoms with E-state index in [1.165, 1.54) is 6.07 Å². The molecule has 0 fully saturated rings. The van der Waals surface area contributed by atoms with Crippen molar-refractivity contribution < 1.29 is 22.7 Å². The molecule has 158 valence electrons. The number of fused-ring (bicyclic) bond motifs is 1. The zero-order valence-electron chi connectivity index (χ0n) is 16.6. The molecule has 0 unspecified atom stereocenters. The molecule has 1 aliphatic rings. The molecule has 8 nitrogen and oxygen atoms in total. The van der Waals surface area contributed by atoms with Gasteiger partial charge in [0.25, 0.3) is 15.9 Å². The van der Waals surface area contributed by atoms with Crippen LogP contribution in [-0.4, -0.2) is 32.7 Å². The molecule has 30 heavy (non-hydrogen) atoms. The molecule has 0 saturated heterocycles. The first-order valence-corrected chi connectivity index (χ1v) is 11.1. The fourth-order valence-corrected chi connectivity index (χ4v) is 4.20. The minimum Gasteiger partial charge on any atom is -0.456 e. The van der Waals surface area contributed by atoms with Gasteiger partial charge in [-0.2, -0.15) is 8.42 Å². The van der Waals surface area contributed by atoms with E-state index >= 15 is 0 Å². The highest BCUT2D eigenvalue weighted by molar-refractivity contribution is 7.90. The number of anilines is 2. The fourth-order valence-electron chi connectivity index (χ4n) is 3.03. The summed E-state index contributed by atoms with van der Waals surface area (Å²) in [5, 5.41) is 5.70. The molecule has 9 heteroatoms. The van der Waals surface area contributed by atoms with Crippen LogP contribution in [0.2, 0.25) is 0 Å². The summed E-state index contributed by atoms with van der Waals surface area (Å²) in [4.78, 5) is 24.0. The summed E-state index contributed by atoms with van der Waals surface area (Å²) in [5.41, 5.74) is 2.16. The Morgan fingerprint density at radius 3 is 2.63 bits per heavy atom. The minimum absolute atomic E-state index is 0.0429. The van der Waals surface area contributed by atoms with Gasteiger partial charge in [0.15, 0.2) is 6.61 Å². The Bertz CT molecular complexity index is 1080. The van der Waals surface area contributed by atoms with E-state index in [2.05, 4.69) is 15.0 Å². The number of ether oxygens (including phenoxy) is 1. The average Bonchev–Trinajstić information content (AvgIpc) is 2.72. The Labute approximate surface area is 175 Å². The molecule has 0 aliphatic carbocycles. The third kappa shape index (κ3) is 5.44. The maximum Gasteiger partial charge on any atom is 0.306 e. The van der Waals surface area contributed by atoms with E-state index in [1.807, 2.05) is 25.1 Å². The number of nitrogens with zero attached hydrogens (tertiary/aromatic N) is 1. The van der Waals surface area contributed by atoms with E-state index in [0.29, 0.717) is 17.8 Å². The lowest BCUT2D eigenvalue weighted by Gasteiger charge is -2.17. The highest BCUT2D eigenvalue weighted by atomic mass is 32.2. The molecule has 0 radical (unpaired) electrons. The quantitative estimate of drug-likeness (QED) is 0.623. The number of aryl methyl sites for hydroxylation is 1. The van der Waals surface area contributed by atoms with E-state index in [0.717, 1.165) is 12.0 Å². The Balaban J connectivity index is 1.43. The highest BCUT2D eigenvalue weighted by Crippen LogP contribution is 2.27. The smallest absolute Gasteiger partial charge is 0.306 e. The fraction of sp³-hybridized carbons (Fsp3) is 0.286. The van der Waals surface area contributed by atoms with Crippen molar-refractivity contribution in [1.29, 1.82) is 0 Å². The lowest BCUT2D eigenvalue weighted by Crippen LogP contribution is -2.23. The van der Waals surface area contributed by atoms with Crippen molar-refractivity contribution in [3.8, 4) is 0 Å². The van der Waals surface area contributed by atoms with Crippen LogP contribution in [0.25, 0.3) is 0 Å². The number of amidine groups is 1. The Kier molecular flexibility index (Phi) is 6.83. The van der Waals surface area contributed by atoms with Crippen molar-refractivity contribution in [3.05, 3.63) is 54.1 Å². The van der Waals surface area contributed by atoms with Crippen LogP contribution in [0, 0.1) is 0 Å². The average molecular weight is 429 g/mol. The van der Waals surface area contributed by atoms with Gasteiger partial charge in [-0.3, -0.25) is 9.59 Å². The SMILES string of the molecule is CCc1ccccc1NC(=O)COC(=O)CCCC1=NS(=O)(=O)c2ccccc2N1. The summed E-state index contributed by atoms with van der Waals surface area (Å²) in [6, 6.07) is 13.9. The largest absolute Gasteiger partial charge is 0.456 e. The number of benzene rings is 2. The Morgan fingerprint density at radius 1 is 1.10 bits per heavy atom. The van der Waals surface area contributed by atoms with Crippen molar-refractivity contribution in [2.45, 2.75) is 37.5 Å². The number of para-hydroxylation sites is 2. The molecule has 0 saturated carbocycles. The lowest BCUT2D eigenvalue weighted by atomic mass is 10.1. The summed E-state index contributed by atoms with van der Waals surface area (Å²) in [6.45, 7) is 1.61. The van der Waals surface area contributed by atoms with Gasteiger partial charge >= 0.3 is 5.97 Å². The monoisotopic (exact) mass is 429 g/mol. The van der Waals surface area contributed by atoms with E-state index in [4.69, 9.17) is 4.74 Å². The molecule has 0 spiro atoms. The molecule has 2 N–H and O–H groups in total. The van der Waals surface area contributed by atoms with E-state index in [9.17, 15) is 18.0 Å². The standard InChI is InChI=1S/C21H23N3O5S/c1-2-15-8-3-4-9-16(15)23-20(25)14-29-21(26)13-7-12-19-22-17-10-5-6-11-18(17)30(27,28)24-19/h3-6,8-11H,2,7,12-14H2,1H3,(H,22,24)(H,23,25). The number of carbonyl (C=O) groups excluding carboxylic acids is 2. The number of nitrogens with one attached hydrogen (secondary N) is 2. The van der Waals surface area contributed by atoms with Crippen LogP contribution in [0.1, 0.15) is 31.7 Å². The second kappa shape index (κ2) is 9.53. The van der Waals surface area contributed by atoms with Gasteiger partial charge in [-0.05, 0) is 36.6 Å². The first kappa shape index (κ1) is 21.5. The number of amides is 1. The third-order valence-corrected chi connectivity index (χ3v) is 5.88. The van der Waals surface area contributed by atoms with Crippen molar-refractivity contribution in [1.82, 2.24) is 0 Å². The van der Waals surface area contributed by atoms with Gasteiger partial charge in [0, 0.05) is 18.5 Å². The van der Waals surface area contributed by atoms with E-state index in [1.54, 1.807) is 24.3 Å². The molecule has 3 rings (SSSR count). The molecule has 1 aliphatic heterocycles. The molecule has 0 atom stereocenters. The third-order valence-electron chi connectivity index (χ3n) is 4.51. The van der Waals surface area contributed by atoms with Crippen LogP contribution >= 0.6 is 0 Å². The molecular weight excluding hydrogens is 406 g/mol. The number of esters is 1. The van der Waals surface area contributed by atoms with Crippen LogP contribution in [0.3, 0.4) is 0 Å². The predicted molar refractivity (Wildman–Crippen MR) is 114 cm³/mol. The molecule has 2 aromatic rings. The molecule has 0 aromatic heterocycles. The highest BCUT2D eigenvalue weighted by Gasteiger charge is 2.24. The Morgan fingerprint density at radius 2 is 1.83 bits per heavy atom. The summed E-state index contributed by atoms with van der Waals surface area (Å²) < 4.78 is 33.1. The maximum absolute atomic E-state index is 12.2. The topological polar surface area (TPSA) is 114 Å². The van der Waals surface area contributed by atoms with Crippen LogP contribution < -0.4 is 10.6 Å². The van der Waals surface area contributed by atoms with Gasteiger partial charge in [-0.15, -0.1) is 4.40 Å². The summed E-state index contributed by atoms with van der Waals surface area (Å²) in [6.07, 6.45) is 1.41. The molecule has 1 amide bonds. The van der Waals surface area contributed by atoms with Crippen molar-refractivity contribution in [2.75, 3.05) is 17.2 Å². The van der Waals surface area contributed by atoms with Crippen LogP contribution in [-0.2, 0) is 30.8 Å². The first-order chi connectivity index (χ1) is 14.4. The zero-order chi connectivity index (χ0) is 21.6. The number of hydrogen-bond donors (Lipinski definition) is 2. The molecule has 0 bridgehead atoms. The molecular formula is C21H23N3O5S. The number of hydrogen-bond acceptors (Lipinski definition) is 6. The van der Waals surface area contributed by atoms with Gasteiger partial charge in [-0.1, -0.05) is 37.3 Å². The molecule has 2 aromatic carbocycles. The van der Waals surface area contributed by atoms with E-state index in [-0.39, 0.29) is 30.2 Å². The van der Waals surface area contributed by atoms with Crippen LogP contribution in [0.5, 0.6) is 0 Å². The van der Waals surface area contributed by atoms with Gasteiger partial charge < -0.3 is 15.4 Å². The zero-order valence-corrected chi connectivity index (χ0v) is 17.4. The van der Waals surface area contributed by atoms with Gasteiger partial charge in [0.1, 0.15) is 10.7 Å². The normalized spacial score (nSPS) is 14.1. The van der Waals surface area contributed by atoms with Crippen molar-refractivity contribution >= 4 is 39.1 Å². The van der Waals surface area contributed by atoms with E-state index < -0.39 is 21.9 Å². The van der Waals surface area contributed by atoms with Crippen molar-refractivity contribution in [3.63, 3.8) is 0 Å². The van der Waals surface area contributed by atoms with Gasteiger partial charge in [0.2, 0.25) is 0 Å². The van der Waals surface area contributed by atoms with Gasteiger partial charge in [-0.25, -0.2) is 0 Å². The lowest BCUT2D eigenvalue weighted by molar-refractivity contribution is -0.147. The maximum atomic E-state index is 12.2. The number of sulfonamides is 1. The summed E-state index contributed by atoms with van der Waals surface area (Å²) in [5.74, 6) is -0.672. The summed E-state index contributed by atoms with van der Waals surface area (Å²) >= 11 is 0. The number of rotatable bonds is 8. The van der Waals surface area contributed by atoms with Crippen molar-refractivity contribution in [2.24, 2.45) is 4.40 Å². The summed E-state index contributed by atoms with van der Waals surface area (Å²) in [7, 11) is -3.74. The van der Waals surface area contributed by atoms with Crippen LogP contribution in [0.4, 0.5) is 11.4 Å². The minimum atomic E-state index is -3.74. The number of carbonyl (C=O) groups is 2.